The molecule has 1 amide bonds. The molecule has 0 aliphatic carbocycles. The topological polar surface area (TPSA) is 57.6 Å². The van der Waals surface area contributed by atoms with Gasteiger partial charge in [-0.3, -0.25) is 9.59 Å². The second kappa shape index (κ2) is 5.79. The van der Waals surface area contributed by atoms with E-state index in [1.165, 1.54) is 29.2 Å². The fourth-order valence-electron chi connectivity index (χ4n) is 2.82. The molecule has 0 bridgehead atoms. The molecule has 1 aromatic rings. The fraction of sp³-hybridized carbons (Fsp3) is 0.467. The quantitative estimate of drug-likeness (QED) is 0.929. The third-order valence-electron chi connectivity index (χ3n) is 3.77. The van der Waals surface area contributed by atoms with Crippen LogP contribution in [0.15, 0.2) is 24.3 Å². The molecule has 1 saturated heterocycles. The van der Waals surface area contributed by atoms with Gasteiger partial charge in [0.05, 0.1) is 12.0 Å². The third-order valence-corrected chi connectivity index (χ3v) is 3.77. The van der Waals surface area contributed by atoms with E-state index in [-0.39, 0.29) is 23.9 Å². The van der Waals surface area contributed by atoms with Gasteiger partial charge < -0.3 is 10.0 Å². The third kappa shape index (κ3) is 2.89. The van der Waals surface area contributed by atoms with Crippen molar-refractivity contribution in [2.75, 3.05) is 0 Å². The number of aliphatic carboxylic acids is 1. The second-order valence-electron chi connectivity index (χ2n) is 5.46. The Morgan fingerprint density at radius 2 is 1.86 bits per heavy atom. The number of hydrogen-bond acceptors (Lipinski definition) is 2. The van der Waals surface area contributed by atoms with Crippen molar-refractivity contribution in [3.8, 4) is 0 Å². The van der Waals surface area contributed by atoms with Gasteiger partial charge in [0.15, 0.2) is 0 Å². The molecule has 0 saturated carbocycles. The molecule has 4 nitrogen and oxygen atoms in total. The standard InChI is InChI=1S/C15H17F2NO3/c1-8(2)18-12(19)7-11(15(20)21)13(18)9-3-5-10(6-4-9)14(16)17/h3-6,8,11,13-14H,7H2,1-2H3,(H,20,21). The Morgan fingerprint density at radius 1 is 1.29 bits per heavy atom. The Balaban J connectivity index is 2.40. The van der Waals surface area contributed by atoms with E-state index in [9.17, 15) is 23.5 Å². The number of carboxylic acid groups (broad SMARTS) is 1. The van der Waals surface area contributed by atoms with Gasteiger partial charge >= 0.3 is 5.97 Å². The molecule has 2 atom stereocenters. The van der Waals surface area contributed by atoms with Crippen LogP contribution in [0.4, 0.5) is 8.78 Å². The highest BCUT2D eigenvalue weighted by atomic mass is 19.3. The Hall–Kier alpha value is -1.98. The largest absolute Gasteiger partial charge is 0.481 e. The van der Waals surface area contributed by atoms with Crippen LogP contribution in [0.3, 0.4) is 0 Å². The maximum atomic E-state index is 12.6. The Kier molecular flexibility index (Phi) is 4.25. The summed E-state index contributed by atoms with van der Waals surface area (Å²) in [6.07, 6.45) is -2.63. The van der Waals surface area contributed by atoms with Gasteiger partial charge in [0.25, 0.3) is 6.43 Å². The zero-order valence-corrected chi connectivity index (χ0v) is 11.8. The smallest absolute Gasteiger partial charge is 0.309 e. The maximum Gasteiger partial charge on any atom is 0.309 e. The highest BCUT2D eigenvalue weighted by molar-refractivity contribution is 5.87. The van der Waals surface area contributed by atoms with Gasteiger partial charge in [0.1, 0.15) is 0 Å². The lowest BCUT2D eigenvalue weighted by molar-refractivity contribution is -0.142. The molecule has 114 valence electrons. The average Bonchev–Trinajstić information content (AvgIpc) is 2.76. The molecule has 1 aliphatic rings. The van der Waals surface area contributed by atoms with E-state index in [0.717, 1.165) is 0 Å². The van der Waals surface area contributed by atoms with Crippen LogP contribution >= 0.6 is 0 Å². The summed E-state index contributed by atoms with van der Waals surface area (Å²) in [5.41, 5.74) is 0.456. The predicted octanol–water partition coefficient (Wildman–Crippen LogP) is 3.01. The average molecular weight is 297 g/mol. The number of nitrogens with zero attached hydrogens (tertiary/aromatic N) is 1. The Labute approximate surface area is 121 Å². The number of halogens is 2. The number of carbonyl (C=O) groups is 2. The summed E-state index contributed by atoms with van der Waals surface area (Å²) in [6, 6.07) is 4.76. The monoisotopic (exact) mass is 297 g/mol. The van der Waals surface area contributed by atoms with Crippen molar-refractivity contribution >= 4 is 11.9 Å². The minimum absolute atomic E-state index is 0.0607. The molecule has 0 radical (unpaired) electrons. The van der Waals surface area contributed by atoms with E-state index < -0.39 is 24.4 Å². The van der Waals surface area contributed by atoms with Gasteiger partial charge in [0, 0.05) is 18.0 Å². The van der Waals surface area contributed by atoms with Crippen LogP contribution in [-0.2, 0) is 9.59 Å². The highest BCUT2D eigenvalue weighted by Gasteiger charge is 2.45. The molecule has 1 fully saturated rings. The van der Waals surface area contributed by atoms with E-state index in [1.54, 1.807) is 0 Å². The fourth-order valence-corrected chi connectivity index (χ4v) is 2.82. The van der Waals surface area contributed by atoms with Crippen LogP contribution in [0.1, 0.15) is 43.9 Å². The molecule has 1 aliphatic heterocycles. The maximum absolute atomic E-state index is 12.6. The van der Waals surface area contributed by atoms with E-state index in [0.29, 0.717) is 5.56 Å². The summed E-state index contributed by atoms with van der Waals surface area (Å²) in [5, 5.41) is 9.31. The molecule has 0 aromatic heterocycles. The molecule has 21 heavy (non-hydrogen) atoms. The Morgan fingerprint density at radius 3 is 2.29 bits per heavy atom. The van der Waals surface area contributed by atoms with Crippen molar-refractivity contribution in [1.29, 1.82) is 0 Å². The molecule has 0 spiro atoms. The minimum Gasteiger partial charge on any atom is -0.481 e. The summed E-state index contributed by atoms with van der Waals surface area (Å²) in [5.74, 6) is -2.12. The number of carboxylic acids is 1. The molecule has 6 heteroatoms. The van der Waals surface area contributed by atoms with Crippen molar-refractivity contribution in [3.05, 3.63) is 35.4 Å². The number of hydrogen-bond donors (Lipinski definition) is 1. The van der Waals surface area contributed by atoms with Gasteiger partial charge in [-0.15, -0.1) is 0 Å². The zero-order valence-electron chi connectivity index (χ0n) is 11.8. The second-order valence-corrected chi connectivity index (χ2v) is 5.46. The summed E-state index contributed by atoms with van der Waals surface area (Å²) in [4.78, 5) is 24.9. The van der Waals surface area contributed by atoms with Crippen molar-refractivity contribution in [2.45, 2.75) is 38.8 Å². The molecule has 1 N–H and O–H groups in total. The summed E-state index contributed by atoms with van der Waals surface area (Å²) in [7, 11) is 0. The van der Waals surface area contributed by atoms with Crippen LogP contribution in [0.2, 0.25) is 0 Å². The first kappa shape index (κ1) is 15.4. The minimum atomic E-state index is -2.57. The molecular formula is C15H17F2NO3. The first-order valence-corrected chi connectivity index (χ1v) is 6.75. The summed E-state index contributed by atoms with van der Waals surface area (Å²) >= 11 is 0. The SMILES string of the molecule is CC(C)N1C(=O)CC(C(=O)O)C1c1ccc(C(F)F)cc1. The first-order valence-electron chi connectivity index (χ1n) is 6.75. The molecule has 1 heterocycles. The van der Waals surface area contributed by atoms with Crippen molar-refractivity contribution < 1.29 is 23.5 Å². The van der Waals surface area contributed by atoms with Crippen LogP contribution in [-0.4, -0.2) is 27.9 Å². The summed E-state index contributed by atoms with van der Waals surface area (Å²) < 4.78 is 25.2. The number of carbonyl (C=O) groups excluding carboxylic acids is 1. The number of alkyl halides is 2. The number of amides is 1. The molecule has 2 unspecified atom stereocenters. The molecule has 1 aromatic carbocycles. The summed E-state index contributed by atoms with van der Waals surface area (Å²) in [6.45, 7) is 3.62. The van der Waals surface area contributed by atoms with E-state index in [2.05, 4.69) is 0 Å². The van der Waals surface area contributed by atoms with Crippen LogP contribution in [0, 0.1) is 5.92 Å². The van der Waals surface area contributed by atoms with Crippen molar-refractivity contribution in [2.24, 2.45) is 5.92 Å². The van der Waals surface area contributed by atoms with Gasteiger partial charge in [-0.25, -0.2) is 8.78 Å². The van der Waals surface area contributed by atoms with Crippen molar-refractivity contribution in [1.82, 2.24) is 4.90 Å². The van der Waals surface area contributed by atoms with Gasteiger partial charge in [-0.2, -0.15) is 0 Å². The molecule has 2 rings (SSSR count). The zero-order chi connectivity index (χ0) is 15.7. The lowest BCUT2D eigenvalue weighted by Crippen LogP contribution is -2.36. The number of likely N-dealkylation sites (tertiary alicyclic amines) is 1. The van der Waals surface area contributed by atoms with Gasteiger partial charge in [0.2, 0.25) is 5.91 Å². The van der Waals surface area contributed by atoms with Gasteiger partial charge in [-0.1, -0.05) is 24.3 Å². The lowest BCUT2D eigenvalue weighted by Gasteiger charge is -2.30. The van der Waals surface area contributed by atoms with Crippen LogP contribution in [0.25, 0.3) is 0 Å². The van der Waals surface area contributed by atoms with E-state index in [4.69, 9.17) is 0 Å². The highest BCUT2D eigenvalue weighted by Crippen LogP contribution is 2.40. The number of rotatable bonds is 4. The van der Waals surface area contributed by atoms with Crippen LogP contribution < -0.4 is 0 Å². The lowest BCUT2D eigenvalue weighted by atomic mass is 9.92. The normalized spacial score (nSPS) is 22.4. The van der Waals surface area contributed by atoms with Gasteiger partial charge in [-0.05, 0) is 19.4 Å². The Bertz CT molecular complexity index is 542. The van der Waals surface area contributed by atoms with Crippen molar-refractivity contribution in [3.63, 3.8) is 0 Å². The predicted molar refractivity (Wildman–Crippen MR) is 71.9 cm³/mol. The van der Waals surface area contributed by atoms with E-state index in [1.807, 2.05) is 13.8 Å². The van der Waals surface area contributed by atoms with Crippen LogP contribution in [0.5, 0.6) is 0 Å². The first-order chi connectivity index (χ1) is 9.82. The number of benzene rings is 1. The van der Waals surface area contributed by atoms with E-state index >= 15 is 0 Å². The molecular weight excluding hydrogens is 280 g/mol.